The van der Waals surface area contributed by atoms with Crippen LogP contribution in [0.25, 0.3) is 0 Å². The summed E-state index contributed by atoms with van der Waals surface area (Å²) in [6.45, 7) is 0. The number of H-pyrrole nitrogens is 1. The lowest BCUT2D eigenvalue weighted by Gasteiger charge is -1.98. The second-order valence-corrected chi connectivity index (χ2v) is 3.92. The minimum atomic E-state index is 0.288. The van der Waals surface area contributed by atoms with Gasteiger partial charge in [-0.25, -0.2) is 9.97 Å². The quantitative estimate of drug-likeness (QED) is 0.807. The Morgan fingerprint density at radius 2 is 2.33 bits per heavy atom. The van der Waals surface area contributed by atoms with Crippen LogP contribution >= 0.6 is 23.4 Å². The molecule has 2 rings (SSSR count). The monoisotopic (exact) mass is 237 g/mol. The SMILES string of the molecule is N#Cc1cc(Cl)nc(Sc2ncn[nH]2)c1. The van der Waals surface area contributed by atoms with E-state index in [0.29, 0.717) is 15.7 Å². The molecule has 0 amide bonds. The average molecular weight is 238 g/mol. The predicted octanol–water partition coefficient (Wildman–Crippen LogP) is 1.88. The topological polar surface area (TPSA) is 78.2 Å². The molecular weight excluding hydrogens is 234 g/mol. The van der Waals surface area contributed by atoms with Crippen LogP contribution in [0.15, 0.2) is 28.6 Å². The maximum atomic E-state index is 8.73. The van der Waals surface area contributed by atoms with E-state index in [0.717, 1.165) is 0 Å². The smallest absolute Gasteiger partial charge is 0.189 e. The van der Waals surface area contributed by atoms with Crippen LogP contribution in [0.4, 0.5) is 0 Å². The Hall–Kier alpha value is -1.58. The maximum absolute atomic E-state index is 8.73. The molecule has 7 heteroatoms. The molecule has 0 aliphatic heterocycles. The lowest BCUT2D eigenvalue weighted by molar-refractivity contribution is 0.967. The van der Waals surface area contributed by atoms with Crippen molar-refractivity contribution < 1.29 is 0 Å². The molecule has 5 nitrogen and oxygen atoms in total. The molecule has 0 saturated heterocycles. The molecule has 2 aromatic heterocycles. The molecule has 0 bridgehead atoms. The summed E-state index contributed by atoms with van der Waals surface area (Å²) in [5.41, 5.74) is 0.469. The number of rotatable bonds is 2. The van der Waals surface area contributed by atoms with Crippen LogP contribution < -0.4 is 0 Å². The molecule has 0 aromatic carbocycles. The highest BCUT2D eigenvalue weighted by Crippen LogP contribution is 2.24. The largest absolute Gasteiger partial charge is 0.254 e. The van der Waals surface area contributed by atoms with Crippen molar-refractivity contribution in [3.05, 3.63) is 29.2 Å². The van der Waals surface area contributed by atoms with Crippen molar-refractivity contribution >= 4 is 23.4 Å². The van der Waals surface area contributed by atoms with Crippen molar-refractivity contribution in [3.8, 4) is 6.07 Å². The van der Waals surface area contributed by atoms with E-state index < -0.39 is 0 Å². The van der Waals surface area contributed by atoms with Crippen molar-refractivity contribution in [2.75, 3.05) is 0 Å². The second-order valence-electron chi connectivity index (χ2n) is 2.52. The first-order chi connectivity index (χ1) is 7.28. The van der Waals surface area contributed by atoms with Gasteiger partial charge in [-0.2, -0.15) is 10.4 Å². The molecule has 0 aliphatic rings. The van der Waals surface area contributed by atoms with Gasteiger partial charge >= 0.3 is 0 Å². The average Bonchev–Trinajstić information content (AvgIpc) is 2.69. The minimum absolute atomic E-state index is 0.288. The lowest BCUT2D eigenvalue weighted by Crippen LogP contribution is -1.85. The summed E-state index contributed by atoms with van der Waals surface area (Å²) in [6.07, 6.45) is 1.40. The van der Waals surface area contributed by atoms with E-state index in [1.807, 2.05) is 6.07 Å². The van der Waals surface area contributed by atoms with Crippen LogP contribution in [-0.2, 0) is 0 Å². The number of hydrogen-bond donors (Lipinski definition) is 1. The molecule has 15 heavy (non-hydrogen) atoms. The van der Waals surface area contributed by atoms with Gasteiger partial charge in [-0.15, -0.1) is 0 Å². The molecule has 0 atom stereocenters. The van der Waals surface area contributed by atoms with Gasteiger partial charge in [0.1, 0.15) is 16.5 Å². The highest BCUT2D eigenvalue weighted by Gasteiger charge is 2.04. The predicted molar refractivity (Wildman–Crippen MR) is 54.5 cm³/mol. The molecule has 0 unspecified atom stereocenters. The number of hydrogen-bond acceptors (Lipinski definition) is 5. The summed E-state index contributed by atoms with van der Waals surface area (Å²) in [4.78, 5) is 7.97. The fourth-order valence-corrected chi connectivity index (χ4v) is 1.92. The molecule has 0 spiro atoms. The number of pyridine rings is 1. The van der Waals surface area contributed by atoms with Crippen LogP contribution in [0.2, 0.25) is 5.15 Å². The Labute approximate surface area is 94.5 Å². The Bertz CT molecular complexity index is 504. The molecule has 0 aliphatic carbocycles. The number of nitrogens with zero attached hydrogens (tertiary/aromatic N) is 4. The summed E-state index contributed by atoms with van der Waals surface area (Å²) in [7, 11) is 0. The lowest BCUT2D eigenvalue weighted by atomic mass is 10.3. The summed E-state index contributed by atoms with van der Waals surface area (Å²) in [5, 5.41) is 16.6. The first-order valence-electron chi connectivity index (χ1n) is 3.89. The van der Waals surface area contributed by atoms with Crippen LogP contribution in [-0.4, -0.2) is 20.2 Å². The summed E-state index contributed by atoms with van der Waals surface area (Å²) in [5.74, 6) is 0. The Morgan fingerprint density at radius 3 is 3.00 bits per heavy atom. The van der Waals surface area contributed by atoms with E-state index in [2.05, 4.69) is 20.2 Å². The molecule has 1 N–H and O–H groups in total. The summed E-state index contributed by atoms with van der Waals surface area (Å²) in [6, 6.07) is 5.15. The number of nitrogens with one attached hydrogen (secondary N) is 1. The normalized spacial score (nSPS) is 9.87. The third-order valence-electron chi connectivity index (χ3n) is 1.49. The van der Waals surface area contributed by atoms with Crippen molar-refractivity contribution in [1.29, 1.82) is 5.26 Å². The highest BCUT2D eigenvalue weighted by atomic mass is 35.5. The zero-order chi connectivity index (χ0) is 10.7. The first-order valence-corrected chi connectivity index (χ1v) is 5.08. The Kier molecular flexibility index (Phi) is 2.85. The minimum Gasteiger partial charge on any atom is -0.254 e. The van der Waals surface area contributed by atoms with E-state index >= 15 is 0 Å². The molecule has 2 aromatic rings. The van der Waals surface area contributed by atoms with E-state index in [9.17, 15) is 0 Å². The van der Waals surface area contributed by atoms with Crippen molar-refractivity contribution in [3.63, 3.8) is 0 Å². The van der Waals surface area contributed by atoms with Gasteiger partial charge in [0.05, 0.1) is 11.6 Å². The summed E-state index contributed by atoms with van der Waals surface area (Å²) >= 11 is 7.01. The Morgan fingerprint density at radius 1 is 1.47 bits per heavy atom. The number of halogens is 1. The van der Waals surface area contributed by atoms with Gasteiger partial charge in [0.2, 0.25) is 0 Å². The van der Waals surface area contributed by atoms with Crippen LogP contribution in [0.3, 0.4) is 0 Å². The van der Waals surface area contributed by atoms with E-state index in [1.165, 1.54) is 24.2 Å². The van der Waals surface area contributed by atoms with Gasteiger partial charge in [-0.05, 0) is 23.9 Å². The number of nitriles is 1. The summed E-state index contributed by atoms with van der Waals surface area (Å²) < 4.78 is 0. The van der Waals surface area contributed by atoms with Crippen molar-refractivity contribution in [2.45, 2.75) is 10.2 Å². The number of aromatic amines is 1. The van der Waals surface area contributed by atoms with Crippen LogP contribution in [0.1, 0.15) is 5.56 Å². The molecule has 0 fully saturated rings. The molecule has 74 valence electrons. The first kappa shape index (κ1) is 9.96. The van der Waals surface area contributed by atoms with Gasteiger partial charge in [0.15, 0.2) is 5.16 Å². The molecule has 0 radical (unpaired) electrons. The third kappa shape index (κ3) is 2.46. The highest BCUT2D eigenvalue weighted by molar-refractivity contribution is 7.99. The fourth-order valence-electron chi connectivity index (χ4n) is 0.932. The molecule has 2 heterocycles. The molecular formula is C8H4ClN5S. The third-order valence-corrected chi connectivity index (χ3v) is 2.50. The van der Waals surface area contributed by atoms with E-state index in [-0.39, 0.29) is 5.15 Å². The van der Waals surface area contributed by atoms with Gasteiger partial charge in [-0.1, -0.05) is 11.6 Å². The van der Waals surface area contributed by atoms with E-state index in [1.54, 1.807) is 6.07 Å². The van der Waals surface area contributed by atoms with Gasteiger partial charge in [-0.3, -0.25) is 5.10 Å². The van der Waals surface area contributed by atoms with Crippen molar-refractivity contribution in [2.24, 2.45) is 0 Å². The van der Waals surface area contributed by atoms with Crippen LogP contribution in [0, 0.1) is 11.3 Å². The van der Waals surface area contributed by atoms with Crippen molar-refractivity contribution in [1.82, 2.24) is 20.2 Å². The fraction of sp³-hybridized carbons (Fsp3) is 0. The van der Waals surface area contributed by atoms with Crippen LogP contribution in [0.5, 0.6) is 0 Å². The Balaban J connectivity index is 2.29. The van der Waals surface area contributed by atoms with E-state index in [4.69, 9.17) is 16.9 Å². The van der Waals surface area contributed by atoms with Gasteiger partial charge in [0.25, 0.3) is 0 Å². The molecule has 0 saturated carbocycles. The zero-order valence-electron chi connectivity index (χ0n) is 7.31. The second kappa shape index (κ2) is 4.29. The van der Waals surface area contributed by atoms with Gasteiger partial charge in [0, 0.05) is 0 Å². The standard InChI is InChI=1S/C8H4ClN5S/c9-6-1-5(3-10)2-7(13-6)15-8-11-4-12-14-8/h1-2,4H,(H,11,12,14). The number of aromatic nitrogens is 4. The van der Waals surface area contributed by atoms with Gasteiger partial charge < -0.3 is 0 Å². The zero-order valence-corrected chi connectivity index (χ0v) is 8.88. The maximum Gasteiger partial charge on any atom is 0.189 e.